The Morgan fingerprint density at radius 2 is 2.04 bits per heavy atom. The zero-order valence-corrected chi connectivity index (χ0v) is 15.1. The van der Waals surface area contributed by atoms with Gasteiger partial charge in [0.2, 0.25) is 0 Å². The molecule has 3 nitrogen and oxygen atoms in total. The van der Waals surface area contributed by atoms with Crippen molar-refractivity contribution in [1.82, 2.24) is 4.90 Å². The molecule has 0 saturated carbocycles. The van der Waals surface area contributed by atoms with Gasteiger partial charge in [-0.1, -0.05) is 51.0 Å². The Morgan fingerprint density at radius 3 is 2.50 bits per heavy atom. The molecule has 1 rings (SSSR count). The molecule has 1 atom stereocenters. The van der Waals surface area contributed by atoms with Gasteiger partial charge in [0, 0.05) is 23.5 Å². The number of ether oxygens (including phenoxy) is 1. The molecule has 0 aliphatic carbocycles. The van der Waals surface area contributed by atoms with E-state index < -0.39 is 0 Å². The lowest BCUT2D eigenvalue weighted by molar-refractivity contribution is -0.138. The van der Waals surface area contributed by atoms with Gasteiger partial charge in [0.1, 0.15) is 0 Å². The number of allylic oxidation sites excluding steroid dienone is 6. The highest BCUT2D eigenvalue weighted by molar-refractivity contribution is 5.94. The molecule has 0 spiro atoms. The summed E-state index contributed by atoms with van der Waals surface area (Å²) in [4.78, 5) is 14.4. The zero-order chi connectivity index (χ0) is 18.3. The number of esters is 1. The van der Waals surface area contributed by atoms with Gasteiger partial charge in [-0.05, 0) is 38.0 Å². The highest BCUT2D eigenvalue weighted by atomic mass is 16.5. The van der Waals surface area contributed by atoms with Crippen LogP contribution in [-0.2, 0) is 9.53 Å². The standard InChI is InChI=1S/C21H27NO2/c1-8-13-17(9-2)15(6)20-16(7)19(21(23)24-12-5)14-18(10-3)22(20)11-4/h8-11,13-15H,1-2,4,12H2,3,5-7H3/b17-13+,18-10-. The maximum absolute atomic E-state index is 12.4. The first-order valence-electron chi connectivity index (χ1n) is 8.09. The van der Waals surface area contributed by atoms with Crippen LogP contribution in [0.4, 0.5) is 0 Å². The third-order valence-electron chi connectivity index (χ3n) is 4.05. The number of carbonyl (C=O) groups excluding carboxylic acids is 1. The van der Waals surface area contributed by atoms with Gasteiger partial charge in [-0.15, -0.1) is 0 Å². The summed E-state index contributed by atoms with van der Waals surface area (Å²) >= 11 is 0. The Balaban J connectivity index is 3.56. The van der Waals surface area contributed by atoms with Crippen molar-refractivity contribution in [3.05, 3.63) is 84.4 Å². The van der Waals surface area contributed by atoms with E-state index in [1.54, 1.807) is 19.2 Å². The minimum Gasteiger partial charge on any atom is -0.462 e. The Bertz CT molecular complexity index is 659. The summed E-state index contributed by atoms with van der Waals surface area (Å²) in [5.74, 6) is -0.290. The molecular weight excluding hydrogens is 298 g/mol. The zero-order valence-electron chi connectivity index (χ0n) is 15.1. The number of hydrogen-bond donors (Lipinski definition) is 0. The average molecular weight is 325 g/mol. The monoisotopic (exact) mass is 325 g/mol. The van der Waals surface area contributed by atoms with E-state index in [0.717, 1.165) is 22.5 Å². The van der Waals surface area contributed by atoms with E-state index in [9.17, 15) is 4.79 Å². The molecule has 0 fully saturated rings. The quantitative estimate of drug-likeness (QED) is 0.485. The lowest BCUT2D eigenvalue weighted by atomic mass is 9.87. The Kier molecular flexibility index (Phi) is 7.25. The lowest BCUT2D eigenvalue weighted by Crippen LogP contribution is -2.28. The molecule has 1 heterocycles. The van der Waals surface area contributed by atoms with Crippen LogP contribution < -0.4 is 0 Å². The van der Waals surface area contributed by atoms with Crippen LogP contribution in [0.2, 0.25) is 0 Å². The maximum Gasteiger partial charge on any atom is 0.338 e. The summed E-state index contributed by atoms with van der Waals surface area (Å²) in [6.07, 6.45) is 11.0. The fourth-order valence-electron chi connectivity index (χ4n) is 2.85. The molecule has 0 amide bonds. The first-order chi connectivity index (χ1) is 11.5. The van der Waals surface area contributed by atoms with Crippen molar-refractivity contribution < 1.29 is 9.53 Å². The van der Waals surface area contributed by atoms with Gasteiger partial charge < -0.3 is 9.64 Å². The van der Waals surface area contributed by atoms with Crippen molar-refractivity contribution in [2.24, 2.45) is 5.92 Å². The summed E-state index contributed by atoms with van der Waals surface area (Å²) in [6.45, 7) is 19.7. The van der Waals surface area contributed by atoms with Crippen LogP contribution in [0.15, 0.2) is 84.4 Å². The van der Waals surface area contributed by atoms with Gasteiger partial charge in [0.15, 0.2) is 0 Å². The van der Waals surface area contributed by atoms with Gasteiger partial charge in [-0.2, -0.15) is 0 Å². The molecule has 3 heteroatoms. The molecule has 0 aromatic rings. The van der Waals surface area contributed by atoms with Gasteiger partial charge in [-0.25, -0.2) is 4.79 Å². The molecule has 0 aromatic carbocycles. The van der Waals surface area contributed by atoms with Crippen LogP contribution in [0.5, 0.6) is 0 Å². The van der Waals surface area contributed by atoms with Crippen molar-refractivity contribution in [3.63, 3.8) is 0 Å². The van der Waals surface area contributed by atoms with E-state index in [4.69, 9.17) is 4.74 Å². The van der Waals surface area contributed by atoms with Crippen molar-refractivity contribution in [1.29, 1.82) is 0 Å². The summed E-state index contributed by atoms with van der Waals surface area (Å²) in [5.41, 5.74) is 4.35. The van der Waals surface area contributed by atoms with Gasteiger partial charge >= 0.3 is 5.97 Å². The van der Waals surface area contributed by atoms with Gasteiger partial charge in [0.25, 0.3) is 0 Å². The van der Waals surface area contributed by atoms with E-state index in [0.29, 0.717) is 12.2 Å². The highest BCUT2D eigenvalue weighted by Crippen LogP contribution is 2.37. The SMILES string of the molecule is C=C/C=C(\C=C)C(C)C1=C(C)C(C(=O)OCC)=C/C(=C/C)N1C=C. The topological polar surface area (TPSA) is 29.5 Å². The summed E-state index contributed by atoms with van der Waals surface area (Å²) in [7, 11) is 0. The van der Waals surface area contributed by atoms with Crippen LogP contribution in [-0.4, -0.2) is 17.5 Å². The second kappa shape index (κ2) is 8.92. The normalized spacial score (nSPS) is 18.2. The predicted molar refractivity (Wildman–Crippen MR) is 101 cm³/mol. The van der Waals surface area contributed by atoms with E-state index in [2.05, 4.69) is 26.7 Å². The van der Waals surface area contributed by atoms with Crippen LogP contribution in [0.1, 0.15) is 27.7 Å². The lowest BCUT2D eigenvalue weighted by Gasteiger charge is -2.35. The van der Waals surface area contributed by atoms with Crippen LogP contribution >= 0.6 is 0 Å². The molecule has 0 N–H and O–H groups in total. The molecule has 128 valence electrons. The number of rotatable bonds is 7. The smallest absolute Gasteiger partial charge is 0.338 e. The molecule has 24 heavy (non-hydrogen) atoms. The minimum atomic E-state index is -0.310. The minimum absolute atomic E-state index is 0.0200. The predicted octanol–water partition coefficient (Wildman–Crippen LogP) is 5.05. The number of nitrogens with zero attached hydrogens (tertiary/aromatic N) is 1. The maximum atomic E-state index is 12.4. The van der Waals surface area contributed by atoms with E-state index >= 15 is 0 Å². The molecule has 0 bridgehead atoms. The largest absolute Gasteiger partial charge is 0.462 e. The van der Waals surface area contributed by atoms with Crippen LogP contribution in [0.3, 0.4) is 0 Å². The summed E-state index contributed by atoms with van der Waals surface area (Å²) in [5, 5.41) is 0. The molecule has 1 aliphatic heterocycles. The Hall–Kier alpha value is -2.55. The van der Waals surface area contributed by atoms with E-state index in [1.165, 1.54) is 0 Å². The number of carbonyl (C=O) groups is 1. The third kappa shape index (κ3) is 3.85. The molecule has 0 saturated heterocycles. The van der Waals surface area contributed by atoms with Crippen LogP contribution in [0.25, 0.3) is 0 Å². The summed E-state index contributed by atoms with van der Waals surface area (Å²) < 4.78 is 5.21. The fourth-order valence-corrected chi connectivity index (χ4v) is 2.85. The molecule has 1 unspecified atom stereocenters. The van der Waals surface area contributed by atoms with Gasteiger partial charge in [-0.3, -0.25) is 0 Å². The second-order valence-corrected chi connectivity index (χ2v) is 5.38. The Morgan fingerprint density at radius 1 is 1.38 bits per heavy atom. The average Bonchev–Trinajstić information content (AvgIpc) is 2.58. The van der Waals surface area contributed by atoms with E-state index in [1.807, 2.05) is 43.1 Å². The van der Waals surface area contributed by atoms with Crippen molar-refractivity contribution in [2.45, 2.75) is 27.7 Å². The highest BCUT2D eigenvalue weighted by Gasteiger charge is 2.29. The van der Waals surface area contributed by atoms with Gasteiger partial charge in [0.05, 0.1) is 12.2 Å². The van der Waals surface area contributed by atoms with Crippen molar-refractivity contribution in [2.75, 3.05) is 6.61 Å². The first-order valence-corrected chi connectivity index (χ1v) is 8.09. The van der Waals surface area contributed by atoms with Crippen molar-refractivity contribution >= 4 is 5.97 Å². The molecule has 1 aliphatic rings. The molecule has 0 radical (unpaired) electrons. The Labute approximate surface area is 145 Å². The van der Waals surface area contributed by atoms with Crippen LogP contribution in [0, 0.1) is 5.92 Å². The first kappa shape index (κ1) is 19.5. The van der Waals surface area contributed by atoms with Crippen molar-refractivity contribution in [3.8, 4) is 0 Å². The summed E-state index contributed by atoms with van der Waals surface area (Å²) in [6, 6.07) is 0. The second-order valence-electron chi connectivity index (χ2n) is 5.38. The molecular formula is C21H27NO2. The van der Waals surface area contributed by atoms with E-state index in [-0.39, 0.29) is 11.9 Å². The third-order valence-corrected chi connectivity index (χ3v) is 4.05. The number of hydrogen-bond acceptors (Lipinski definition) is 3. The molecule has 0 aromatic heterocycles. The fraction of sp³-hybridized carbons (Fsp3) is 0.286.